The van der Waals surface area contributed by atoms with Crippen LogP contribution in [0.1, 0.15) is 20.8 Å². The maximum atomic E-state index is 10.9. The molecule has 1 aliphatic rings. The van der Waals surface area contributed by atoms with Gasteiger partial charge in [-0.3, -0.25) is 0 Å². The fourth-order valence-electron chi connectivity index (χ4n) is 2.19. The minimum Gasteiger partial charge on any atom is -0.530 e. The van der Waals surface area contributed by atoms with Crippen LogP contribution in [0.3, 0.4) is 0 Å². The van der Waals surface area contributed by atoms with E-state index in [4.69, 9.17) is 5.53 Å². The van der Waals surface area contributed by atoms with Gasteiger partial charge in [0.05, 0.1) is 6.04 Å². The van der Waals surface area contributed by atoms with Crippen molar-refractivity contribution < 1.29 is 15.0 Å². The van der Waals surface area contributed by atoms with E-state index in [9.17, 15) is 15.0 Å². The number of nitrogens with one attached hydrogen (secondary N) is 1. The molecule has 7 nitrogen and oxygen atoms in total. The fourth-order valence-corrected chi connectivity index (χ4v) is 2.19. The van der Waals surface area contributed by atoms with Crippen LogP contribution in [0.15, 0.2) is 5.11 Å². The van der Waals surface area contributed by atoms with Crippen molar-refractivity contribution in [3.05, 3.63) is 0 Å². The number of hydrogen-bond acceptors (Lipinski definition) is 5. The predicted molar refractivity (Wildman–Crippen MR) is 52.4 cm³/mol. The third-order valence-corrected chi connectivity index (χ3v) is 2.75. The molecule has 7 heteroatoms. The molecule has 3 atom stereocenters. The van der Waals surface area contributed by atoms with Gasteiger partial charge in [0.1, 0.15) is 22.8 Å². The lowest BCUT2D eigenvalue weighted by Crippen LogP contribution is -2.51. The molecule has 1 aliphatic heterocycles. The molecule has 0 aromatic rings. The van der Waals surface area contributed by atoms with Crippen LogP contribution in [0.5, 0.6) is 0 Å². The number of hydrogen-bond donors (Lipinski definition) is 2. The highest BCUT2D eigenvalue weighted by Crippen LogP contribution is 2.34. The van der Waals surface area contributed by atoms with Crippen molar-refractivity contribution >= 4 is 6.09 Å². The summed E-state index contributed by atoms with van der Waals surface area (Å²) in [6, 6.07) is -1.23. The lowest BCUT2D eigenvalue weighted by atomic mass is 9.82. The molecular weight excluding hydrogens is 212 g/mol. The zero-order valence-corrected chi connectivity index (χ0v) is 9.54. The normalized spacial score (nSPS) is 30.0. The van der Waals surface area contributed by atoms with E-state index in [1.54, 1.807) is 0 Å². The van der Waals surface area contributed by atoms with E-state index in [1.165, 1.54) is 0 Å². The number of carbonyl (C=O) groups is 1. The van der Waals surface area contributed by atoms with Crippen LogP contribution in [0, 0.1) is 10.9 Å². The van der Waals surface area contributed by atoms with E-state index >= 15 is 0 Å². The topological polar surface area (TPSA) is 114 Å². The van der Waals surface area contributed by atoms with Crippen molar-refractivity contribution in [3.8, 4) is 0 Å². The average Bonchev–Trinajstić information content (AvgIpc) is 2.44. The van der Waals surface area contributed by atoms with Gasteiger partial charge in [0.25, 0.3) is 0 Å². The van der Waals surface area contributed by atoms with Crippen LogP contribution in [0.2, 0.25) is 0 Å². The molecule has 1 rings (SSSR count). The van der Waals surface area contributed by atoms with Gasteiger partial charge in [-0.25, -0.2) is 0 Å². The van der Waals surface area contributed by atoms with Gasteiger partial charge in [0.2, 0.25) is 4.91 Å². The Morgan fingerprint density at radius 3 is 2.56 bits per heavy atom. The first-order valence-electron chi connectivity index (χ1n) is 5.01. The third kappa shape index (κ3) is 2.20. The number of carbonyl (C=O) groups excluding carboxylic acids is 1. The quantitative estimate of drug-likeness (QED) is 0.458. The van der Waals surface area contributed by atoms with Gasteiger partial charge in [0, 0.05) is 6.54 Å². The predicted octanol–water partition coefficient (Wildman–Crippen LogP) is -0.660. The summed E-state index contributed by atoms with van der Waals surface area (Å²) in [6.07, 6.45) is -2.27. The first-order valence-corrected chi connectivity index (χ1v) is 5.01. The number of rotatable bonds is 1. The number of aliphatic hydroxyl groups excluding tert-OH is 1. The van der Waals surface area contributed by atoms with Gasteiger partial charge in [-0.1, -0.05) is 20.8 Å². The minimum atomic E-state index is -1.33. The maximum Gasteiger partial charge on any atom is 0.214 e. The van der Waals surface area contributed by atoms with Crippen molar-refractivity contribution in [2.45, 2.75) is 39.0 Å². The average molecular weight is 228 g/mol. The summed E-state index contributed by atoms with van der Waals surface area (Å²) in [6.45, 7) is 5.49. The van der Waals surface area contributed by atoms with Gasteiger partial charge in [-0.15, -0.1) is 0 Å². The second-order valence-corrected chi connectivity index (χ2v) is 5.00. The van der Waals surface area contributed by atoms with Gasteiger partial charge >= 0.3 is 0 Å². The zero-order chi connectivity index (χ0) is 12.5. The summed E-state index contributed by atoms with van der Waals surface area (Å²) >= 11 is 0. The van der Waals surface area contributed by atoms with Crippen molar-refractivity contribution in [3.63, 3.8) is 0 Å². The van der Waals surface area contributed by atoms with Crippen molar-refractivity contribution in [1.29, 1.82) is 5.53 Å². The molecule has 1 saturated heterocycles. The molecule has 0 spiro atoms. The van der Waals surface area contributed by atoms with Crippen molar-refractivity contribution in [2.75, 3.05) is 6.54 Å². The van der Waals surface area contributed by atoms with E-state index in [2.05, 4.69) is 10.0 Å². The molecule has 90 valence electrons. The Bertz CT molecular complexity index is 332. The number of β-amino-alcohol motifs (C(OH)–C–C–N with tert-alkyl or cyclic N) is 1. The monoisotopic (exact) mass is 228 g/mol. The second-order valence-electron chi connectivity index (χ2n) is 5.00. The van der Waals surface area contributed by atoms with Crippen molar-refractivity contribution in [1.82, 2.24) is 9.81 Å². The highest BCUT2D eigenvalue weighted by Gasteiger charge is 2.49. The van der Waals surface area contributed by atoms with Crippen LogP contribution in [0.25, 0.3) is 0 Å². The van der Waals surface area contributed by atoms with Crippen LogP contribution in [-0.2, 0) is 0 Å². The van der Waals surface area contributed by atoms with E-state index in [0.717, 1.165) is 4.90 Å². The zero-order valence-electron chi connectivity index (χ0n) is 9.54. The standard InChI is InChI=1S/C9H16N4O3/c1-9(2,3)7-6(11-12-10)5(14)4-13(7)8(15)16/h5-7,10,14H,4H2,1-3H3/t5-,6+,7?/m0/s1. The van der Waals surface area contributed by atoms with E-state index in [-0.39, 0.29) is 6.54 Å². The van der Waals surface area contributed by atoms with Gasteiger partial charge in [-0.2, -0.15) is 0 Å². The Morgan fingerprint density at radius 1 is 1.62 bits per heavy atom. The smallest absolute Gasteiger partial charge is 0.214 e. The number of carboxylic acid groups (broad SMARTS) is 1. The Morgan fingerprint density at radius 2 is 2.19 bits per heavy atom. The second kappa shape index (κ2) is 4.19. The highest BCUT2D eigenvalue weighted by atomic mass is 16.4. The molecule has 1 fully saturated rings. The molecule has 0 aromatic carbocycles. The van der Waals surface area contributed by atoms with E-state index in [0.29, 0.717) is 0 Å². The summed E-state index contributed by atoms with van der Waals surface area (Å²) in [5, 5.41) is 24.2. The summed E-state index contributed by atoms with van der Waals surface area (Å²) in [5.41, 5.74) is 6.28. The number of nitrogens with zero attached hydrogens (tertiary/aromatic N) is 3. The largest absolute Gasteiger partial charge is 0.530 e. The van der Waals surface area contributed by atoms with E-state index in [1.807, 2.05) is 20.8 Å². The number of likely N-dealkylation sites (tertiary alicyclic amines) is 1. The molecule has 0 saturated carbocycles. The van der Waals surface area contributed by atoms with Gasteiger partial charge < -0.3 is 19.9 Å². The summed E-state index contributed by atoms with van der Waals surface area (Å²) in [7, 11) is 0. The van der Waals surface area contributed by atoms with Gasteiger partial charge in [0.15, 0.2) is 6.04 Å². The molecule has 0 radical (unpaired) electrons. The molecule has 16 heavy (non-hydrogen) atoms. The Balaban J connectivity index is 3.09. The van der Waals surface area contributed by atoms with Crippen LogP contribution in [-0.4, -0.2) is 40.8 Å². The van der Waals surface area contributed by atoms with Crippen molar-refractivity contribution in [2.24, 2.45) is 10.5 Å². The third-order valence-electron chi connectivity index (χ3n) is 2.75. The van der Waals surface area contributed by atoms with Gasteiger partial charge in [-0.05, 0) is 5.41 Å². The Hall–Kier alpha value is -1.46. The summed E-state index contributed by atoms with van der Waals surface area (Å²) in [4.78, 5) is 14.9. The molecule has 1 unspecified atom stereocenters. The molecule has 1 amide bonds. The lowest BCUT2D eigenvalue weighted by molar-refractivity contribution is -0.268. The Kier molecular flexibility index (Phi) is 3.30. The molecule has 0 aliphatic carbocycles. The minimum absolute atomic E-state index is 0.0477. The molecule has 2 N–H and O–H groups in total. The summed E-state index contributed by atoms with van der Waals surface area (Å²) < 4.78 is 0. The van der Waals surface area contributed by atoms with Crippen LogP contribution in [0.4, 0.5) is 4.79 Å². The SMILES string of the molecule is CC(C)(C)C1[C@H](N=[N+]=N)[C@@H](O)CN1C(=O)[O-]. The van der Waals surface area contributed by atoms with Crippen LogP contribution < -0.4 is 10.0 Å². The molecule has 0 bridgehead atoms. The molecule has 1 heterocycles. The lowest BCUT2D eigenvalue weighted by Gasteiger charge is -2.36. The highest BCUT2D eigenvalue weighted by molar-refractivity contribution is 5.64. The first kappa shape index (κ1) is 12.6. The van der Waals surface area contributed by atoms with Crippen LogP contribution >= 0.6 is 0 Å². The fraction of sp³-hybridized carbons (Fsp3) is 0.889. The summed E-state index contributed by atoms with van der Waals surface area (Å²) in [5.74, 6) is 0. The number of amides is 1. The maximum absolute atomic E-state index is 10.9. The molecule has 0 aromatic heterocycles. The first-order chi connectivity index (χ1) is 7.29. The molecular formula is C9H16N4O3. The Labute approximate surface area is 93.3 Å². The van der Waals surface area contributed by atoms with E-state index < -0.39 is 29.7 Å². The number of aliphatic hydroxyl groups is 1.